The highest BCUT2D eigenvalue weighted by Gasteiger charge is 2.22. The third-order valence-corrected chi connectivity index (χ3v) is 3.22. The van der Waals surface area contributed by atoms with Crippen molar-refractivity contribution in [1.82, 2.24) is 0 Å². The molecule has 0 saturated carbocycles. The third kappa shape index (κ3) is 4.73. The van der Waals surface area contributed by atoms with Crippen LogP contribution in [0.3, 0.4) is 0 Å². The first-order chi connectivity index (χ1) is 8.91. The summed E-state index contributed by atoms with van der Waals surface area (Å²) in [5.41, 5.74) is 1.78. The highest BCUT2D eigenvalue weighted by molar-refractivity contribution is 5.91. The largest absolute Gasteiger partial charge is 0.481 e. The number of hydrogen-bond donors (Lipinski definition) is 2. The number of carbonyl (C=O) groups is 2. The molecule has 1 amide bonds. The highest BCUT2D eigenvalue weighted by atomic mass is 16.4. The zero-order chi connectivity index (χ0) is 14.4. The van der Waals surface area contributed by atoms with Crippen molar-refractivity contribution in [1.29, 1.82) is 0 Å². The monoisotopic (exact) mass is 263 g/mol. The van der Waals surface area contributed by atoms with Gasteiger partial charge in [0, 0.05) is 12.1 Å². The summed E-state index contributed by atoms with van der Waals surface area (Å²) in [4.78, 5) is 22.8. The van der Waals surface area contributed by atoms with Gasteiger partial charge < -0.3 is 10.4 Å². The number of aliphatic carboxylic acids is 1. The summed E-state index contributed by atoms with van der Waals surface area (Å²) in [6.07, 6.45) is 0.591. The molecule has 0 spiro atoms. The summed E-state index contributed by atoms with van der Waals surface area (Å²) in [7, 11) is 0. The Labute approximate surface area is 113 Å². The number of amides is 1. The highest BCUT2D eigenvalue weighted by Crippen LogP contribution is 2.19. The number of aryl methyl sites for hydroxylation is 1. The Morgan fingerprint density at radius 1 is 1.26 bits per heavy atom. The molecule has 0 aromatic heterocycles. The molecule has 0 radical (unpaired) electrons. The van der Waals surface area contributed by atoms with E-state index in [0.29, 0.717) is 6.42 Å². The van der Waals surface area contributed by atoms with Gasteiger partial charge >= 0.3 is 5.97 Å². The second-order valence-corrected chi connectivity index (χ2v) is 5.09. The summed E-state index contributed by atoms with van der Waals surface area (Å²) in [6, 6.07) is 7.52. The fourth-order valence-corrected chi connectivity index (χ4v) is 1.95. The summed E-state index contributed by atoms with van der Waals surface area (Å²) < 4.78 is 0. The van der Waals surface area contributed by atoms with Crippen molar-refractivity contribution in [2.24, 2.45) is 11.8 Å². The van der Waals surface area contributed by atoms with E-state index in [1.54, 1.807) is 0 Å². The lowest BCUT2D eigenvalue weighted by molar-refractivity contribution is -0.143. The van der Waals surface area contributed by atoms with E-state index in [2.05, 4.69) is 5.32 Å². The molecule has 0 saturated heterocycles. The molecule has 1 aromatic carbocycles. The number of para-hydroxylation sites is 1. The topological polar surface area (TPSA) is 66.4 Å². The van der Waals surface area contributed by atoms with Crippen LogP contribution in [0.15, 0.2) is 24.3 Å². The number of rotatable bonds is 6. The van der Waals surface area contributed by atoms with Crippen molar-refractivity contribution < 1.29 is 14.7 Å². The third-order valence-electron chi connectivity index (χ3n) is 3.22. The second-order valence-electron chi connectivity index (χ2n) is 5.09. The van der Waals surface area contributed by atoms with Gasteiger partial charge in [-0.15, -0.1) is 0 Å². The number of carboxylic acids is 1. The number of anilines is 1. The van der Waals surface area contributed by atoms with E-state index in [4.69, 9.17) is 5.11 Å². The molecule has 0 fully saturated rings. The predicted molar refractivity (Wildman–Crippen MR) is 75.0 cm³/mol. The van der Waals surface area contributed by atoms with Crippen molar-refractivity contribution in [3.05, 3.63) is 29.8 Å². The van der Waals surface area contributed by atoms with Crippen LogP contribution < -0.4 is 5.32 Å². The Morgan fingerprint density at radius 3 is 2.42 bits per heavy atom. The number of carboxylic acid groups (broad SMARTS) is 1. The molecule has 19 heavy (non-hydrogen) atoms. The molecule has 0 aliphatic rings. The maximum atomic E-state index is 11.8. The molecule has 1 aromatic rings. The van der Waals surface area contributed by atoms with Gasteiger partial charge in [0.1, 0.15) is 0 Å². The standard InChI is InChI=1S/C15H21NO3/c1-10(2)12(15(18)19)8-9-14(17)16-13-7-5-4-6-11(13)3/h4-7,10,12H,8-9H2,1-3H3,(H,16,17)(H,18,19)/t12-/m1/s1. The average Bonchev–Trinajstić information content (AvgIpc) is 2.31. The van der Waals surface area contributed by atoms with Crippen molar-refractivity contribution in [3.8, 4) is 0 Å². The van der Waals surface area contributed by atoms with Crippen molar-refractivity contribution in [3.63, 3.8) is 0 Å². The lowest BCUT2D eigenvalue weighted by Crippen LogP contribution is -2.22. The first-order valence-corrected chi connectivity index (χ1v) is 6.50. The number of nitrogens with one attached hydrogen (secondary N) is 1. The fraction of sp³-hybridized carbons (Fsp3) is 0.467. The first-order valence-electron chi connectivity index (χ1n) is 6.50. The van der Waals surface area contributed by atoms with Gasteiger partial charge in [0.2, 0.25) is 5.91 Å². The predicted octanol–water partition coefficient (Wildman–Crippen LogP) is 3.07. The quantitative estimate of drug-likeness (QED) is 0.829. The minimum absolute atomic E-state index is 0.0313. The Morgan fingerprint density at radius 2 is 1.89 bits per heavy atom. The molecule has 4 nitrogen and oxygen atoms in total. The van der Waals surface area contributed by atoms with Crippen LogP contribution in [0, 0.1) is 18.8 Å². The van der Waals surface area contributed by atoms with Crippen LogP contribution in [0.5, 0.6) is 0 Å². The van der Waals surface area contributed by atoms with E-state index in [1.165, 1.54) is 0 Å². The minimum atomic E-state index is -0.835. The van der Waals surface area contributed by atoms with Crippen LogP contribution >= 0.6 is 0 Å². The molecule has 2 N–H and O–H groups in total. The van der Waals surface area contributed by atoms with Crippen LogP contribution in [0.4, 0.5) is 5.69 Å². The lowest BCUT2D eigenvalue weighted by atomic mass is 9.91. The molecular weight excluding hydrogens is 242 g/mol. The van der Waals surface area contributed by atoms with Gasteiger partial charge in [-0.05, 0) is 30.9 Å². The molecule has 0 heterocycles. The zero-order valence-corrected chi connectivity index (χ0v) is 11.6. The Hall–Kier alpha value is -1.84. The van der Waals surface area contributed by atoms with Crippen molar-refractivity contribution in [2.45, 2.75) is 33.6 Å². The molecule has 104 valence electrons. The van der Waals surface area contributed by atoms with E-state index in [0.717, 1.165) is 11.3 Å². The van der Waals surface area contributed by atoms with E-state index < -0.39 is 11.9 Å². The summed E-state index contributed by atoms with van der Waals surface area (Å²) in [5, 5.41) is 11.9. The van der Waals surface area contributed by atoms with Gasteiger partial charge in [0.25, 0.3) is 0 Å². The molecular formula is C15H21NO3. The SMILES string of the molecule is Cc1ccccc1NC(=O)CC[C@@H](C(=O)O)C(C)C. The van der Waals surface area contributed by atoms with Crippen LogP contribution in [0.1, 0.15) is 32.3 Å². The lowest BCUT2D eigenvalue weighted by Gasteiger charge is -2.15. The average molecular weight is 263 g/mol. The second kappa shape index (κ2) is 6.92. The van der Waals surface area contributed by atoms with Gasteiger partial charge in [0.05, 0.1) is 5.92 Å². The van der Waals surface area contributed by atoms with Gasteiger partial charge in [-0.1, -0.05) is 32.0 Å². The van der Waals surface area contributed by atoms with Gasteiger partial charge in [0.15, 0.2) is 0 Å². The fourth-order valence-electron chi connectivity index (χ4n) is 1.95. The van der Waals surface area contributed by atoms with E-state index >= 15 is 0 Å². The molecule has 0 aliphatic heterocycles. The summed E-state index contributed by atoms with van der Waals surface area (Å²) in [5.74, 6) is -1.41. The summed E-state index contributed by atoms with van der Waals surface area (Å²) in [6.45, 7) is 5.64. The van der Waals surface area contributed by atoms with Crippen LogP contribution in [0.2, 0.25) is 0 Å². The van der Waals surface area contributed by atoms with Crippen LogP contribution in [-0.4, -0.2) is 17.0 Å². The molecule has 0 aliphatic carbocycles. The zero-order valence-electron chi connectivity index (χ0n) is 11.6. The van der Waals surface area contributed by atoms with Crippen LogP contribution in [0.25, 0.3) is 0 Å². The Bertz CT molecular complexity index is 454. The number of carbonyl (C=O) groups excluding carboxylic acids is 1. The Kier molecular flexibility index (Phi) is 5.55. The Balaban J connectivity index is 2.52. The minimum Gasteiger partial charge on any atom is -0.481 e. The van der Waals surface area contributed by atoms with Gasteiger partial charge in [-0.3, -0.25) is 9.59 Å². The number of benzene rings is 1. The molecule has 0 bridgehead atoms. The maximum Gasteiger partial charge on any atom is 0.306 e. The summed E-state index contributed by atoms with van der Waals surface area (Å²) >= 11 is 0. The van der Waals surface area contributed by atoms with E-state index in [9.17, 15) is 9.59 Å². The normalized spacial score (nSPS) is 12.2. The van der Waals surface area contributed by atoms with Crippen LogP contribution in [-0.2, 0) is 9.59 Å². The van der Waals surface area contributed by atoms with E-state index in [1.807, 2.05) is 45.0 Å². The van der Waals surface area contributed by atoms with Gasteiger partial charge in [-0.25, -0.2) is 0 Å². The molecule has 4 heteroatoms. The molecule has 1 atom stereocenters. The van der Waals surface area contributed by atoms with Crippen molar-refractivity contribution in [2.75, 3.05) is 5.32 Å². The maximum absolute atomic E-state index is 11.8. The number of hydrogen-bond acceptors (Lipinski definition) is 2. The molecule has 0 unspecified atom stereocenters. The van der Waals surface area contributed by atoms with E-state index in [-0.39, 0.29) is 18.2 Å². The molecule has 1 rings (SSSR count). The van der Waals surface area contributed by atoms with Gasteiger partial charge in [-0.2, -0.15) is 0 Å². The van der Waals surface area contributed by atoms with Crippen molar-refractivity contribution >= 4 is 17.6 Å². The smallest absolute Gasteiger partial charge is 0.306 e. The first kappa shape index (κ1) is 15.2.